The highest BCUT2D eigenvalue weighted by molar-refractivity contribution is 5.68. The molecule has 0 saturated carbocycles. The van der Waals surface area contributed by atoms with Crippen LogP contribution >= 0.6 is 0 Å². The molecular formula is C11H20N2O2. The van der Waals surface area contributed by atoms with Crippen molar-refractivity contribution in [3.05, 3.63) is 0 Å². The predicted molar refractivity (Wildman–Crippen MR) is 57.7 cm³/mol. The molecule has 0 radical (unpaired) electrons. The molecule has 0 aromatic rings. The van der Waals surface area contributed by atoms with Gasteiger partial charge >= 0.3 is 6.09 Å². The molecule has 0 spiro atoms. The van der Waals surface area contributed by atoms with Crippen molar-refractivity contribution in [2.24, 2.45) is 5.92 Å². The third-order valence-corrected chi connectivity index (χ3v) is 3.14. The quantitative estimate of drug-likeness (QED) is 0.656. The molecule has 4 heteroatoms. The van der Waals surface area contributed by atoms with E-state index in [1.165, 1.54) is 0 Å². The van der Waals surface area contributed by atoms with Crippen molar-refractivity contribution in [2.75, 3.05) is 13.1 Å². The van der Waals surface area contributed by atoms with Gasteiger partial charge in [-0.25, -0.2) is 4.79 Å². The van der Waals surface area contributed by atoms with Crippen molar-refractivity contribution in [1.82, 2.24) is 10.2 Å². The third-order valence-electron chi connectivity index (χ3n) is 3.14. The molecule has 3 unspecified atom stereocenters. The fourth-order valence-electron chi connectivity index (χ4n) is 2.33. The molecule has 0 aromatic heterocycles. The molecule has 1 N–H and O–H groups in total. The first-order chi connectivity index (χ1) is 6.87. The molecule has 2 rings (SSSR count). The van der Waals surface area contributed by atoms with Gasteiger partial charge < -0.3 is 15.0 Å². The monoisotopic (exact) mass is 212 g/mol. The minimum Gasteiger partial charge on any atom is -0.444 e. The lowest BCUT2D eigenvalue weighted by molar-refractivity contribution is 0.0290. The maximum atomic E-state index is 11.8. The number of fused-ring (bicyclic) bond motifs is 1. The van der Waals surface area contributed by atoms with Gasteiger partial charge in [0.25, 0.3) is 0 Å². The summed E-state index contributed by atoms with van der Waals surface area (Å²) in [5.74, 6) is 0.623. The van der Waals surface area contributed by atoms with E-state index >= 15 is 0 Å². The molecule has 1 amide bonds. The van der Waals surface area contributed by atoms with Gasteiger partial charge in [-0.05, 0) is 27.7 Å². The van der Waals surface area contributed by atoms with Gasteiger partial charge in [-0.3, -0.25) is 0 Å². The van der Waals surface area contributed by atoms with E-state index in [1.54, 1.807) is 0 Å². The Labute approximate surface area is 91.0 Å². The SMILES string of the molecule is CC1NC2CN(C(=O)OC(C)(C)C)CC12. The zero-order valence-electron chi connectivity index (χ0n) is 9.91. The van der Waals surface area contributed by atoms with E-state index in [2.05, 4.69) is 12.2 Å². The molecular weight excluding hydrogens is 192 g/mol. The Bertz CT molecular complexity index is 272. The van der Waals surface area contributed by atoms with Crippen LogP contribution in [-0.4, -0.2) is 41.8 Å². The second kappa shape index (κ2) is 3.37. The van der Waals surface area contributed by atoms with E-state index in [9.17, 15) is 4.79 Å². The number of carbonyl (C=O) groups is 1. The summed E-state index contributed by atoms with van der Waals surface area (Å²) in [6, 6.07) is 1.04. The summed E-state index contributed by atoms with van der Waals surface area (Å²) in [6.45, 7) is 9.50. The standard InChI is InChI=1S/C11H20N2O2/c1-7-8-5-13(6-9(8)12-7)10(14)15-11(2,3)4/h7-9,12H,5-6H2,1-4H3. The van der Waals surface area contributed by atoms with Crippen molar-refractivity contribution < 1.29 is 9.53 Å². The number of likely N-dealkylation sites (tertiary alicyclic amines) is 1. The van der Waals surface area contributed by atoms with Gasteiger partial charge in [0.05, 0.1) is 0 Å². The fourth-order valence-corrected chi connectivity index (χ4v) is 2.33. The first kappa shape index (κ1) is 10.7. The number of rotatable bonds is 0. The molecule has 0 aromatic carbocycles. The van der Waals surface area contributed by atoms with Gasteiger partial charge in [-0.1, -0.05) is 0 Å². The maximum Gasteiger partial charge on any atom is 0.410 e. The smallest absolute Gasteiger partial charge is 0.410 e. The maximum absolute atomic E-state index is 11.8. The van der Waals surface area contributed by atoms with Crippen LogP contribution in [0.5, 0.6) is 0 Å². The summed E-state index contributed by atoms with van der Waals surface area (Å²) in [5, 5.41) is 3.40. The number of hydrogen-bond donors (Lipinski definition) is 1. The molecule has 2 aliphatic rings. The number of ether oxygens (including phenoxy) is 1. The first-order valence-corrected chi connectivity index (χ1v) is 5.61. The number of carbonyl (C=O) groups excluding carboxylic acids is 1. The fraction of sp³-hybridized carbons (Fsp3) is 0.909. The van der Waals surface area contributed by atoms with Crippen LogP contribution in [0.2, 0.25) is 0 Å². The van der Waals surface area contributed by atoms with Crippen molar-refractivity contribution in [1.29, 1.82) is 0 Å². The Morgan fingerprint density at radius 2 is 2.07 bits per heavy atom. The minimum atomic E-state index is -0.391. The van der Waals surface area contributed by atoms with Crippen LogP contribution in [0, 0.1) is 5.92 Å². The highest BCUT2D eigenvalue weighted by atomic mass is 16.6. The number of nitrogens with one attached hydrogen (secondary N) is 1. The summed E-state index contributed by atoms with van der Waals surface area (Å²) in [4.78, 5) is 13.6. The summed E-state index contributed by atoms with van der Waals surface area (Å²) >= 11 is 0. The zero-order chi connectivity index (χ0) is 11.2. The minimum absolute atomic E-state index is 0.175. The molecule has 15 heavy (non-hydrogen) atoms. The highest BCUT2D eigenvalue weighted by Gasteiger charge is 2.46. The summed E-state index contributed by atoms with van der Waals surface area (Å²) in [5.41, 5.74) is -0.391. The molecule has 3 atom stereocenters. The highest BCUT2D eigenvalue weighted by Crippen LogP contribution is 2.29. The van der Waals surface area contributed by atoms with Crippen LogP contribution in [0.25, 0.3) is 0 Å². The number of hydrogen-bond acceptors (Lipinski definition) is 3. The van der Waals surface area contributed by atoms with Gasteiger partial charge in [-0.15, -0.1) is 0 Å². The van der Waals surface area contributed by atoms with E-state index in [4.69, 9.17) is 4.74 Å². The van der Waals surface area contributed by atoms with Crippen LogP contribution in [0.15, 0.2) is 0 Å². The van der Waals surface area contributed by atoms with Crippen molar-refractivity contribution in [3.63, 3.8) is 0 Å². The number of nitrogens with zero attached hydrogens (tertiary/aromatic N) is 1. The Morgan fingerprint density at radius 3 is 2.53 bits per heavy atom. The Kier molecular flexibility index (Phi) is 2.41. The average molecular weight is 212 g/mol. The van der Waals surface area contributed by atoms with Gasteiger partial charge in [0.15, 0.2) is 0 Å². The molecule has 2 fully saturated rings. The summed E-state index contributed by atoms with van der Waals surface area (Å²) in [6.07, 6.45) is -0.175. The van der Waals surface area contributed by atoms with Gasteiger partial charge in [-0.2, -0.15) is 0 Å². The Hall–Kier alpha value is -0.770. The topological polar surface area (TPSA) is 41.6 Å². The largest absolute Gasteiger partial charge is 0.444 e. The first-order valence-electron chi connectivity index (χ1n) is 5.61. The molecule has 2 saturated heterocycles. The lowest BCUT2D eigenvalue weighted by atomic mass is 9.87. The molecule has 0 aliphatic carbocycles. The van der Waals surface area contributed by atoms with Gasteiger partial charge in [0, 0.05) is 31.1 Å². The van der Waals surface area contributed by atoms with E-state index in [-0.39, 0.29) is 6.09 Å². The normalized spacial score (nSPS) is 34.7. The zero-order valence-corrected chi connectivity index (χ0v) is 9.91. The van der Waals surface area contributed by atoms with Crippen LogP contribution in [0.1, 0.15) is 27.7 Å². The Morgan fingerprint density at radius 1 is 1.40 bits per heavy atom. The second-order valence-electron chi connectivity index (χ2n) is 5.61. The van der Waals surface area contributed by atoms with Crippen LogP contribution in [0.3, 0.4) is 0 Å². The van der Waals surface area contributed by atoms with E-state index < -0.39 is 5.60 Å². The van der Waals surface area contributed by atoms with Crippen LogP contribution < -0.4 is 5.32 Å². The van der Waals surface area contributed by atoms with E-state index in [0.717, 1.165) is 13.1 Å². The summed E-state index contributed by atoms with van der Waals surface area (Å²) in [7, 11) is 0. The molecule has 4 nitrogen and oxygen atoms in total. The molecule has 2 aliphatic heterocycles. The van der Waals surface area contributed by atoms with Gasteiger partial charge in [0.2, 0.25) is 0 Å². The third kappa shape index (κ3) is 2.09. The lowest BCUT2D eigenvalue weighted by Crippen LogP contribution is -2.59. The molecule has 86 valence electrons. The van der Waals surface area contributed by atoms with Crippen LogP contribution in [-0.2, 0) is 4.74 Å². The van der Waals surface area contributed by atoms with Crippen LogP contribution in [0.4, 0.5) is 4.79 Å². The van der Waals surface area contributed by atoms with E-state index in [1.807, 2.05) is 25.7 Å². The van der Waals surface area contributed by atoms with Crippen molar-refractivity contribution in [3.8, 4) is 0 Å². The Balaban J connectivity index is 1.88. The second-order valence-corrected chi connectivity index (χ2v) is 5.61. The van der Waals surface area contributed by atoms with E-state index in [0.29, 0.717) is 18.0 Å². The van der Waals surface area contributed by atoms with Crippen molar-refractivity contribution in [2.45, 2.75) is 45.4 Å². The molecule has 2 heterocycles. The van der Waals surface area contributed by atoms with Crippen molar-refractivity contribution >= 4 is 6.09 Å². The number of amides is 1. The molecule has 0 bridgehead atoms. The average Bonchev–Trinajstić information content (AvgIpc) is 2.39. The van der Waals surface area contributed by atoms with Gasteiger partial charge in [0.1, 0.15) is 5.60 Å². The lowest BCUT2D eigenvalue weighted by Gasteiger charge is -2.38. The predicted octanol–water partition coefficient (Wildman–Crippen LogP) is 1.21. The summed E-state index contributed by atoms with van der Waals surface area (Å²) < 4.78 is 5.34.